The van der Waals surface area contributed by atoms with Gasteiger partial charge in [-0.2, -0.15) is 0 Å². The van der Waals surface area contributed by atoms with Crippen molar-refractivity contribution in [1.82, 2.24) is 9.55 Å². The summed E-state index contributed by atoms with van der Waals surface area (Å²) in [5.74, 6) is 6.97. The summed E-state index contributed by atoms with van der Waals surface area (Å²) >= 11 is 0. The minimum Gasteiger partial charge on any atom is -0.327 e. The van der Waals surface area contributed by atoms with Crippen LogP contribution in [-0.4, -0.2) is 16.1 Å². The summed E-state index contributed by atoms with van der Waals surface area (Å²) in [5, 5.41) is 0. The summed E-state index contributed by atoms with van der Waals surface area (Å²) in [7, 11) is 0. The van der Waals surface area contributed by atoms with E-state index in [1.165, 1.54) is 5.52 Å². The summed E-state index contributed by atoms with van der Waals surface area (Å²) in [4.78, 5) is 4.62. The van der Waals surface area contributed by atoms with Gasteiger partial charge in [-0.1, -0.05) is 30.9 Å². The van der Waals surface area contributed by atoms with E-state index in [1.54, 1.807) is 0 Å². The lowest BCUT2D eigenvalue weighted by Crippen LogP contribution is -2.03. The molecule has 1 heterocycles. The third kappa shape index (κ3) is 2.48. The van der Waals surface area contributed by atoms with Crippen molar-refractivity contribution in [2.24, 2.45) is 5.73 Å². The first-order chi connectivity index (χ1) is 8.36. The molecule has 1 aromatic carbocycles. The number of nitrogens with zero attached hydrogens (tertiary/aromatic N) is 2. The Balaban J connectivity index is 2.42. The molecular weight excluding hydrogens is 210 g/mol. The zero-order chi connectivity index (χ0) is 12.1. The van der Waals surface area contributed by atoms with Crippen LogP contribution in [0.2, 0.25) is 0 Å². The number of rotatable bonds is 3. The Morgan fingerprint density at radius 1 is 1.29 bits per heavy atom. The molecule has 2 N–H and O–H groups in total. The van der Waals surface area contributed by atoms with Crippen molar-refractivity contribution in [3.63, 3.8) is 0 Å². The van der Waals surface area contributed by atoms with Gasteiger partial charge in [0.2, 0.25) is 0 Å². The Bertz CT molecular complexity index is 558. The Morgan fingerprint density at radius 3 is 2.88 bits per heavy atom. The lowest BCUT2D eigenvalue weighted by atomic mass is 10.3. The van der Waals surface area contributed by atoms with E-state index < -0.39 is 0 Å². The number of benzene rings is 1. The second kappa shape index (κ2) is 5.51. The largest absolute Gasteiger partial charge is 0.327 e. The number of para-hydroxylation sites is 2. The van der Waals surface area contributed by atoms with Gasteiger partial charge in [-0.05, 0) is 18.6 Å². The van der Waals surface area contributed by atoms with Crippen LogP contribution in [0.1, 0.15) is 19.2 Å². The second-order valence-electron chi connectivity index (χ2n) is 3.90. The first-order valence-electron chi connectivity index (χ1n) is 5.96. The predicted molar refractivity (Wildman–Crippen MR) is 70.6 cm³/mol. The predicted octanol–water partition coefficient (Wildman–Crippen LogP) is 1.95. The fraction of sp³-hybridized carbons (Fsp3) is 0.357. The number of fused-ring (bicyclic) bond motifs is 1. The van der Waals surface area contributed by atoms with Crippen LogP contribution in [0, 0.1) is 11.8 Å². The molecule has 0 bridgehead atoms. The molecule has 0 aliphatic carbocycles. The highest BCUT2D eigenvalue weighted by molar-refractivity contribution is 5.75. The fourth-order valence-corrected chi connectivity index (χ4v) is 1.95. The van der Waals surface area contributed by atoms with Gasteiger partial charge in [-0.25, -0.2) is 4.98 Å². The molecule has 88 valence electrons. The smallest absolute Gasteiger partial charge is 0.121 e. The lowest BCUT2D eigenvalue weighted by Gasteiger charge is -2.04. The Hall–Kier alpha value is -1.79. The molecule has 2 aromatic rings. The van der Waals surface area contributed by atoms with Crippen LogP contribution in [0.5, 0.6) is 0 Å². The van der Waals surface area contributed by atoms with E-state index in [-0.39, 0.29) is 0 Å². The molecule has 0 amide bonds. The van der Waals surface area contributed by atoms with Gasteiger partial charge in [0.15, 0.2) is 0 Å². The number of hydrogen-bond acceptors (Lipinski definition) is 2. The standard InChI is InChI=1S/C14H17N3/c1-2-11-17-13-8-4-3-7-12(13)16-14(17)9-5-6-10-15/h3-4,7-8H,2,9-11,15H2,1H3. The van der Waals surface area contributed by atoms with E-state index >= 15 is 0 Å². The average molecular weight is 227 g/mol. The summed E-state index contributed by atoms with van der Waals surface area (Å²) in [5.41, 5.74) is 7.60. The van der Waals surface area contributed by atoms with Gasteiger partial charge < -0.3 is 10.3 Å². The van der Waals surface area contributed by atoms with Gasteiger partial charge in [-0.15, -0.1) is 0 Å². The number of aromatic nitrogens is 2. The maximum Gasteiger partial charge on any atom is 0.121 e. The highest BCUT2D eigenvalue weighted by atomic mass is 15.1. The number of hydrogen-bond donors (Lipinski definition) is 1. The zero-order valence-corrected chi connectivity index (χ0v) is 10.1. The van der Waals surface area contributed by atoms with Crippen molar-refractivity contribution in [1.29, 1.82) is 0 Å². The van der Waals surface area contributed by atoms with Crippen molar-refractivity contribution in [2.45, 2.75) is 26.3 Å². The van der Waals surface area contributed by atoms with E-state index in [0.29, 0.717) is 13.0 Å². The third-order valence-corrected chi connectivity index (χ3v) is 2.65. The van der Waals surface area contributed by atoms with Crippen molar-refractivity contribution in [3.8, 4) is 11.8 Å². The molecule has 0 aliphatic rings. The lowest BCUT2D eigenvalue weighted by molar-refractivity contribution is 0.668. The Labute approximate surface area is 102 Å². The molecule has 1 aromatic heterocycles. The maximum atomic E-state index is 5.36. The molecule has 3 heteroatoms. The van der Waals surface area contributed by atoms with Gasteiger partial charge in [0.25, 0.3) is 0 Å². The number of aryl methyl sites for hydroxylation is 1. The van der Waals surface area contributed by atoms with Crippen molar-refractivity contribution >= 4 is 11.0 Å². The van der Waals surface area contributed by atoms with E-state index in [0.717, 1.165) is 24.3 Å². The molecule has 2 rings (SSSR count). The van der Waals surface area contributed by atoms with Gasteiger partial charge in [0.05, 0.1) is 24.0 Å². The summed E-state index contributed by atoms with van der Waals surface area (Å²) in [6, 6.07) is 8.21. The molecule has 0 radical (unpaired) electrons. The molecule has 0 unspecified atom stereocenters. The topological polar surface area (TPSA) is 43.8 Å². The van der Waals surface area contributed by atoms with Gasteiger partial charge in [0, 0.05) is 6.54 Å². The van der Waals surface area contributed by atoms with Gasteiger partial charge >= 0.3 is 0 Å². The van der Waals surface area contributed by atoms with Crippen LogP contribution >= 0.6 is 0 Å². The quantitative estimate of drug-likeness (QED) is 0.814. The Kier molecular flexibility index (Phi) is 3.79. The normalized spacial score (nSPS) is 10.2. The van der Waals surface area contributed by atoms with Crippen molar-refractivity contribution in [2.75, 3.05) is 6.54 Å². The van der Waals surface area contributed by atoms with E-state index in [9.17, 15) is 0 Å². The molecule has 0 spiro atoms. The first kappa shape index (κ1) is 11.7. The van der Waals surface area contributed by atoms with Crippen molar-refractivity contribution in [3.05, 3.63) is 30.1 Å². The molecule has 0 fully saturated rings. The van der Waals surface area contributed by atoms with Crippen molar-refractivity contribution < 1.29 is 0 Å². The number of imidazole rings is 1. The zero-order valence-electron chi connectivity index (χ0n) is 10.1. The molecule has 0 atom stereocenters. The SMILES string of the molecule is CCCn1c(CC#CCN)nc2ccccc21. The molecule has 3 nitrogen and oxygen atoms in total. The second-order valence-corrected chi connectivity index (χ2v) is 3.90. The maximum absolute atomic E-state index is 5.36. The molecular formula is C14H17N3. The molecule has 0 saturated carbocycles. The highest BCUT2D eigenvalue weighted by Gasteiger charge is 2.07. The van der Waals surface area contributed by atoms with Crippen LogP contribution in [0.25, 0.3) is 11.0 Å². The first-order valence-corrected chi connectivity index (χ1v) is 5.96. The average Bonchev–Trinajstić information content (AvgIpc) is 2.69. The van der Waals surface area contributed by atoms with Crippen LogP contribution in [0.4, 0.5) is 0 Å². The van der Waals surface area contributed by atoms with E-state index in [1.807, 2.05) is 18.2 Å². The van der Waals surface area contributed by atoms with Crippen LogP contribution in [0.15, 0.2) is 24.3 Å². The highest BCUT2D eigenvalue weighted by Crippen LogP contribution is 2.16. The Morgan fingerprint density at radius 2 is 2.12 bits per heavy atom. The van der Waals surface area contributed by atoms with Crippen LogP contribution in [0.3, 0.4) is 0 Å². The molecule has 17 heavy (non-hydrogen) atoms. The fourth-order valence-electron chi connectivity index (χ4n) is 1.95. The van der Waals surface area contributed by atoms with Crippen LogP contribution in [-0.2, 0) is 13.0 Å². The minimum absolute atomic E-state index is 0.411. The number of nitrogens with two attached hydrogens (primary N) is 1. The minimum atomic E-state index is 0.411. The summed E-state index contributed by atoms with van der Waals surface area (Å²) < 4.78 is 2.25. The van der Waals surface area contributed by atoms with Crippen LogP contribution < -0.4 is 5.73 Å². The monoisotopic (exact) mass is 227 g/mol. The summed E-state index contributed by atoms with van der Waals surface area (Å²) in [6.45, 7) is 3.57. The van der Waals surface area contributed by atoms with E-state index in [2.05, 4.69) is 34.4 Å². The van der Waals surface area contributed by atoms with Gasteiger partial charge in [-0.3, -0.25) is 0 Å². The third-order valence-electron chi connectivity index (χ3n) is 2.65. The van der Waals surface area contributed by atoms with E-state index in [4.69, 9.17) is 5.73 Å². The summed E-state index contributed by atoms with van der Waals surface area (Å²) in [6.07, 6.45) is 1.77. The van der Waals surface area contributed by atoms with Gasteiger partial charge in [0.1, 0.15) is 5.82 Å². The molecule has 0 saturated heterocycles. The molecule has 0 aliphatic heterocycles.